The second-order valence-electron chi connectivity index (χ2n) is 5.78. The number of carbonyl (C=O) groups excluding carboxylic acids is 1. The first-order chi connectivity index (χ1) is 12.2. The molecule has 25 heavy (non-hydrogen) atoms. The molecule has 1 heterocycles. The number of ether oxygens (including phenoxy) is 2. The zero-order valence-electron chi connectivity index (χ0n) is 14.0. The molecule has 5 nitrogen and oxygen atoms in total. The lowest BCUT2D eigenvalue weighted by atomic mass is 10.1. The molecule has 3 aromatic rings. The van der Waals surface area contributed by atoms with Crippen molar-refractivity contribution in [3.63, 3.8) is 0 Å². The Labute approximate surface area is 146 Å². The van der Waals surface area contributed by atoms with Crippen molar-refractivity contribution in [1.82, 2.24) is 4.98 Å². The van der Waals surface area contributed by atoms with E-state index in [9.17, 15) is 4.79 Å². The van der Waals surface area contributed by atoms with E-state index in [0.717, 1.165) is 16.3 Å². The number of benzene rings is 2. The average Bonchev–Trinajstić information content (AvgIpc) is 2.66. The van der Waals surface area contributed by atoms with Crippen molar-refractivity contribution in [1.29, 1.82) is 0 Å². The van der Waals surface area contributed by atoms with Crippen LogP contribution in [0, 0.1) is 0 Å². The number of fused-ring (bicyclic) bond motifs is 1. The minimum Gasteiger partial charge on any atom is -0.475 e. The molecule has 0 saturated carbocycles. The molecule has 5 heteroatoms. The highest BCUT2D eigenvalue weighted by Crippen LogP contribution is 2.26. The van der Waals surface area contributed by atoms with Gasteiger partial charge in [-0.05, 0) is 12.0 Å². The predicted molar refractivity (Wildman–Crippen MR) is 96.7 cm³/mol. The molecule has 0 aliphatic heterocycles. The monoisotopic (exact) mass is 336 g/mol. The van der Waals surface area contributed by atoms with Crippen LogP contribution in [0.2, 0.25) is 0 Å². The first-order valence-corrected chi connectivity index (χ1v) is 8.07. The lowest BCUT2D eigenvalue weighted by Gasteiger charge is -2.15. The van der Waals surface area contributed by atoms with Crippen molar-refractivity contribution < 1.29 is 14.3 Å². The number of rotatable bonds is 6. The average molecular weight is 336 g/mol. The molecule has 1 aromatic heterocycles. The molecule has 0 bridgehead atoms. The summed E-state index contributed by atoms with van der Waals surface area (Å²) in [4.78, 5) is 16.5. The van der Waals surface area contributed by atoms with Gasteiger partial charge in [-0.1, -0.05) is 54.6 Å². The molecule has 0 spiro atoms. The molecule has 128 valence electrons. The summed E-state index contributed by atoms with van der Waals surface area (Å²) in [7, 11) is 1.34. The summed E-state index contributed by atoms with van der Waals surface area (Å²) in [5, 5.41) is 1.60. The fourth-order valence-corrected chi connectivity index (χ4v) is 2.72. The molecule has 2 aromatic carbocycles. The van der Waals surface area contributed by atoms with Gasteiger partial charge in [-0.25, -0.2) is 9.78 Å². The van der Waals surface area contributed by atoms with Gasteiger partial charge in [0.2, 0.25) is 5.88 Å². The summed E-state index contributed by atoms with van der Waals surface area (Å²) >= 11 is 0. The van der Waals surface area contributed by atoms with E-state index in [2.05, 4.69) is 4.98 Å². The van der Waals surface area contributed by atoms with Crippen LogP contribution in [0.5, 0.6) is 5.88 Å². The van der Waals surface area contributed by atoms with E-state index >= 15 is 0 Å². The Balaban J connectivity index is 1.80. The Morgan fingerprint density at radius 2 is 1.84 bits per heavy atom. The summed E-state index contributed by atoms with van der Waals surface area (Å²) in [6.45, 7) is 0.254. The van der Waals surface area contributed by atoms with E-state index in [4.69, 9.17) is 15.2 Å². The number of hydrogen-bond donors (Lipinski definition) is 1. The van der Waals surface area contributed by atoms with Gasteiger partial charge in [0.05, 0.1) is 7.11 Å². The van der Waals surface area contributed by atoms with Gasteiger partial charge < -0.3 is 15.2 Å². The van der Waals surface area contributed by atoms with Crippen molar-refractivity contribution in [3.8, 4) is 5.88 Å². The minimum absolute atomic E-state index is 0.207. The first-order valence-electron chi connectivity index (χ1n) is 8.07. The first kappa shape index (κ1) is 16.9. The van der Waals surface area contributed by atoms with Crippen LogP contribution >= 0.6 is 0 Å². The van der Waals surface area contributed by atoms with Gasteiger partial charge in [0, 0.05) is 23.0 Å². The summed E-state index contributed by atoms with van der Waals surface area (Å²) in [6, 6.07) is 17.2. The number of nitrogens with two attached hydrogens (primary N) is 1. The Kier molecular flexibility index (Phi) is 5.26. The van der Waals surface area contributed by atoms with Gasteiger partial charge in [0.15, 0.2) is 0 Å². The van der Waals surface area contributed by atoms with Gasteiger partial charge in [0.25, 0.3) is 0 Å². The van der Waals surface area contributed by atoms with E-state index in [1.165, 1.54) is 7.11 Å². The van der Waals surface area contributed by atoms with Gasteiger partial charge in [-0.15, -0.1) is 0 Å². The van der Waals surface area contributed by atoms with Crippen molar-refractivity contribution in [3.05, 3.63) is 71.9 Å². The van der Waals surface area contributed by atoms with Crippen LogP contribution < -0.4 is 10.5 Å². The van der Waals surface area contributed by atoms with Crippen LogP contribution in [-0.4, -0.2) is 30.7 Å². The van der Waals surface area contributed by atoms with Gasteiger partial charge in [-0.2, -0.15) is 0 Å². The van der Waals surface area contributed by atoms with Crippen LogP contribution in [-0.2, 0) is 11.2 Å². The molecule has 3 rings (SSSR count). The summed E-state index contributed by atoms with van der Waals surface area (Å²) in [6.07, 6.45) is 2.36. The fourth-order valence-electron chi connectivity index (χ4n) is 2.72. The van der Waals surface area contributed by atoms with Crippen molar-refractivity contribution >= 4 is 16.7 Å². The Bertz CT molecular complexity index is 865. The molecule has 1 atom stereocenters. The Hall–Kier alpha value is -2.92. The molecule has 2 N–H and O–H groups in total. The molecule has 0 amide bonds. The maximum absolute atomic E-state index is 12.2. The molecular weight excluding hydrogens is 316 g/mol. The SMILES string of the molecule is COC(=O)c1c(OCC(N)Cc2ccccc2)ncc2ccccc12. The number of aromatic nitrogens is 1. The summed E-state index contributed by atoms with van der Waals surface area (Å²) < 4.78 is 10.7. The molecule has 1 unspecified atom stereocenters. The maximum atomic E-state index is 12.2. The van der Waals surface area contributed by atoms with E-state index in [1.807, 2.05) is 54.6 Å². The fraction of sp³-hybridized carbons (Fsp3) is 0.200. The topological polar surface area (TPSA) is 74.4 Å². The second kappa shape index (κ2) is 7.77. The van der Waals surface area contributed by atoms with E-state index < -0.39 is 5.97 Å². The lowest BCUT2D eigenvalue weighted by molar-refractivity contribution is 0.0597. The number of esters is 1. The Morgan fingerprint density at radius 1 is 1.12 bits per heavy atom. The number of nitrogens with zero attached hydrogens (tertiary/aromatic N) is 1. The minimum atomic E-state index is -0.476. The highest BCUT2D eigenvalue weighted by molar-refractivity contribution is 6.06. The molecule has 0 aliphatic rings. The summed E-state index contributed by atoms with van der Waals surface area (Å²) in [5.74, 6) is -0.231. The van der Waals surface area contributed by atoms with Crippen molar-refractivity contribution in [2.45, 2.75) is 12.5 Å². The molecular formula is C20H20N2O3. The predicted octanol–water partition coefficient (Wildman–Crippen LogP) is 2.97. The highest BCUT2D eigenvalue weighted by atomic mass is 16.5. The number of carbonyl (C=O) groups is 1. The largest absolute Gasteiger partial charge is 0.475 e. The highest BCUT2D eigenvalue weighted by Gasteiger charge is 2.19. The molecule has 0 aliphatic carbocycles. The third kappa shape index (κ3) is 3.95. The van der Waals surface area contributed by atoms with Crippen molar-refractivity contribution in [2.24, 2.45) is 5.73 Å². The van der Waals surface area contributed by atoms with Gasteiger partial charge in [0.1, 0.15) is 12.2 Å². The molecule has 0 saturated heterocycles. The molecule has 0 fully saturated rings. The van der Waals surface area contributed by atoms with Crippen LogP contribution in [0.4, 0.5) is 0 Å². The number of hydrogen-bond acceptors (Lipinski definition) is 5. The van der Waals surface area contributed by atoms with Gasteiger partial charge >= 0.3 is 5.97 Å². The quantitative estimate of drug-likeness (QED) is 0.701. The third-order valence-electron chi connectivity index (χ3n) is 3.93. The van der Waals surface area contributed by atoms with Crippen LogP contribution in [0.1, 0.15) is 15.9 Å². The zero-order valence-corrected chi connectivity index (χ0v) is 14.0. The second-order valence-corrected chi connectivity index (χ2v) is 5.78. The third-order valence-corrected chi connectivity index (χ3v) is 3.93. The number of pyridine rings is 1. The summed E-state index contributed by atoms with van der Waals surface area (Å²) in [5.41, 5.74) is 7.62. The normalized spacial score (nSPS) is 11.9. The van der Waals surface area contributed by atoms with E-state index in [1.54, 1.807) is 6.20 Å². The van der Waals surface area contributed by atoms with Crippen molar-refractivity contribution in [2.75, 3.05) is 13.7 Å². The number of methoxy groups -OCH3 is 1. The standard InChI is InChI=1S/C20H20N2O3/c1-24-20(23)18-17-10-6-5-9-15(17)12-22-19(18)25-13-16(21)11-14-7-3-2-4-8-14/h2-10,12,16H,11,13,21H2,1H3. The van der Waals surface area contributed by atoms with Crippen LogP contribution in [0.15, 0.2) is 60.8 Å². The lowest BCUT2D eigenvalue weighted by Crippen LogP contribution is -2.30. The van der Waals surface area contributed by atoms with E-state index in [0.29, 0.717) is 12.0 Å². The molecule has 0 radical (unpaired) electrons. The van der Waals surface area contributed by atoms with Gasteiger partial charge in [-0.3, -0.25) is 0 Å². The smallest absolute Gasteiger partial charge is 0.344 e. The van der Waals surface area contributed by atoms with E-state index in [-0.39, 0.29) is 18.5 Å². The maximum Gasteiger partial charge on any atom is 0.344 e. The van der Waals surface area contributed by atoms with Crippen LogP contribution in [0.25, 0.3) is 10.8 Å². The Morgan fingerprint density at radius 3 is 2.60 bits per heavy atom. The van der Waals surface area contributed by atoms with Crippen LogP contribution in [0.3, 0.4) is 0 Å². The zero-order chi connectivity index (χ0) is 17.6.